The van der Waals surface area contributed by atoms with Gasteiger partial charge in [-0.2, -0.15) is 0 Å². The number of carbonyl (C=O) groups is 1. The topological polar surface area (TPSA) is 20.3 Å². The molecule has 22 heavy (non-hydrogen) atoms. The Morgan fingerprint density at radius 2 is 1.86 bits per heavy atom. The van der Waals surface area contributed by atoms with Gasteiger partial charge in [0.25, 0.3) is 0 Å². The molecule has 3 rings (SSSR count). The van der Waals surface area contributed by atoms with Crippen LogP contribution in [0, 0.1) is 11.8 Å². The van der Waals surface area contributed by atoms with Crippen molar-refractivity contribution in [3.63, 3.8) is 0 Å². The summed E-state index contributed by atoms with van der Waals surface area (Å²) in [6.45, 7) is 4.31. The molecule has 1 amide bonds. The molecular weight excluding hydrogens is 294 g/mol. The number of benzene rings is 1. The third kappa shape index (κ3) is 3.17. The van der Waals surface area contributed by atoms with Crippen molar-refractivity contribution in [1.29, 1.82) is 0 Å². The zero-order valence-electron chi connectivity index (χ0n) is 13.6. The molecule has 2 aliphatic rings. The van der Waals surface area contributed by atoms with Crippen molar-refractivity contribution in [3.05, 3.63) is 34.9 Å². The van der Waals surface area contributed by atoms with Crippen molar-refractivity contribution in [1.82, 2.24) is 4.90 Å². The predicted molar refractivity (Wildman–Crippen MR) is 90.9 cm³/mol. The van der Waals surface area contributed by atoms with Gasteiger partial charge in [-0.05, 0) is 55.7 Å². The second-order valence-electron chi connectivity index (χ2n) is 6.98. The third-order valence-corrected chi connectivity index (χ3v) is 5.50. The molecule has 1 aromatic rings. The van der Waals surface area contributed by atoms with E-state index in [0.29, 0.717) is 11.9 Å². The van der Waals surface area contributed by atoms with Crippen LogP contribution in [0.3, 0.4) is 0 Å². The Hall–Kier alpha value is -1.02. The highest BCUT2D eigenvalue weighted by atomic mass is 35.5. The number of piperidine rings is 1. The summed E-state index contributed by atoms with van der Waals surface area (Å²) in [6.07, 6.45) is 6.92. The molecule has 120 valence electrons. The summed E-state index contributed by atoms with van der Waals surface area (Å²) in [6, 6.07) is 8.75. The summed E-state index contributed by atoms with van der Waals surface area (Å²) >= 11 is 6.03. The largest absolute Gasteiger partial charge is 0.332 e. The Morgan fingerprint density at radius 1 is 1.18 bits per heavy atom. The van der Waals surface area contributed by atoms with Crippen LogP contribution < -0.4 is 0 Å². The number of nitrogens with zero attached hydrogens (tertiary/aromatic N) is 1. The highest BCUT2D eigenvalue weighted by Crippen LogP contribution is 2.44. The highest BCUT2D eigenvalue weighted by Gasteiger charge is 2.43. The molecule has 0 bridgehead atoms. The fraction of sp³-hybridized carbons (Fsp3) is 0.632. The molecule has 0 spiro atoms. The molecule has 0 N–H and O–H groups in total. The van der Waals surface area contributed by atoms with Crippen molar-refractivity contribution >= 4 is 17.5 Å². The van der Waals surface area contributed by atoms with E-state index in [1.165, 1.54) is 18.4 Å². The highest BCUT2D eigenvalue weighted by molar-refractivity contribution is 6.30. The minimum absolute atomic E-state index is 0.168. The number of likely N-dealkylation sites (tertiary alicyclic amines) is 1. The van der Waals surface area contributed by atoms with Crippen molar-refractivity contribution in [2.24, 2.45) is 11.8 Å². The van der Waals surface area contributed by atoms with Crippen LogP contribution in [0.25, 0.3) is 0 Å². The van der Waals surface area contributed by atoms with Crippen LogP contribution >= 0.6 is 11.6 Å². The smallest absolute Gasteiger partial charge is 0.226 e. The van der Waals surface area contributed by atoms with E-state index in [0.717, 1.165) is 36.6 Å². The van der Waals surface area contributed by atoms with Gasteiger partial charge in [0.15, 0.2) is 0 Å². The predicted octanol–water partition coefficient (Wildman–Crippen LogP) is 5.22. The number of rotatable bonds is 5. The van der Waals surface area contributed by atoms with Gasteiger partial charge < -0.3 is 4.90 Å². The quantitative estimate of drug-likeness (QED) is 0.728. The molecule has 2 nitrogen and oxygen atoms in total. The van der Waals surface area contributed by atoms with Gasteiger partial charge in [-0.15, -0.1) is 0 Å². The van der Waals surface area contributed by atoms with E-state index in [-0.39, 0.29) is 12.0 Å². The molecule has 1 aliphatic heterocycles. The van der Waals surface area contributed by atoms with Gasteiger partial charge in [-0.3, -0.25) is 4.79 Å². The molecule has 0 aromatic heterocycles. The molecule has 2 fully saturated rings. The summed E-state index contributed by atoms with van der Waals surface area (Å²) in [7, 11) is 0. The first-order valence-electron chi connectivity index (χ1n) is 8.69. The molecule has 0 radical (unpaired) electrons. The summed E-state index contributed by atoms with van der Waals surface area (Å²) in [4.78, 5) is 15.2. The Labute approximate surface area is 138 Å². The second kappa shape index (κ2) is 6.62. The molecule has 3 heteroatoms. The van der Waals surface area contributed by atoms with Crippen LogP contribution in [0.15, 0.2) is 24.3 Å². The number of hydrogen-bond donors (Lipinski definition) is 0. The van der Waals surface area contributed by atoms with Gasteiger partial charge in [0.2, 0.25) is 5.91 Å². The minimum Gasteiger partial charge on any atom is -0.332 e. The van der Waals surface area contributed by atoms with E-state index in [4.69, 9.17) is 11.6 Å². The Balaban J connectivity index is 1.91. The Morgan fingerprint density at radius 3 is 2.45 bits per heavy atom. The van der Waals surface area contributed by atoms with Gasteiger partial charge >= 0.3 is 0 Å². The van der Waals surface area contributed by atoms with Crippen molar-refractivity contribution < 1.29 is 4.79 Å². The van der Waals surface area contributed by atoms with Crippen LogP contribution in [0.4, 0.5) is 0 Å². The van der Waals surface area contributed by atoms with E-state index in [2.05, 4.69) is 30.9 Å². The van der Waals surface area contributed by atoms with Crippen LogP contribution in [0.5, 0.6) is 0 Å². The Kier molecular flexibility index (Phi) is 4.77. The molecular formula is C19H26ClNO. The zero-order valence-corrected chi connectivity index (χ0v) is 14.4. The molecule has 3 atom stereocenters. The third-order valence-electron chi connectivity index (χ3n) is 5.25. The fourth-order valence-electron chi connectivity index (χ4n) is 3.86. The monoisotopic (exact) mass is 319 g/mol. The Bertz CT molecular complexity index is 523. The maximum atomic E-state index is 12.9. The van der Waals surface area contributed by atoms with Gasteiger partial charge in [-0.1, -0.05) is 44.0 Å². The molecule has 1 heterocycles. The van der Waals surface area contributed by atoms with Crippen molar-refractivity contribution in [3.8, 4) is 0 Å². The number of halogens is 1. The molecule has 3 unspecified atom stereocenters. The lowest BCUT2D eigenvalue weighted by atomic mass is 9.86. The maximum absolute atomic E-state index is 12.9. The first kappa shape index (κ1) is 15.9. The normalized spacial score (nSPS) is 27.0. The SMILES string of the molecule is CCCC(C1CC1)N1C(=O)C(C)CCC1c1ccc(Cl)cc1. The van der Waals surface area contributed by atoms with Gasteiger partial charge in [0.05, 0.1) is 6.04 Å². The average Bonchev–Trinajstić information content (AvgIpc) is 3.34. The van der Waals surface area contributed by atoms with Crippen LogP contribution in [0.2, 0.25) is 5.02 Å². The standard InChI is InChI=1S/C19H26ClNO/c1-3-4-17(14-6-7-14)21-18(12-5-13(2)19(21)22)15-8-10-16(20)11-9-15/h8-11,13-14,17-18H,3-7,12H2,1-2H3. The number of hydrogen-bond acceptors (Lipinski definition) is 1. The van der Waals surface area contributed by atoms with Crippen LogP contribution in [-0.4, -0.2) is 16.8 Å². The zero-order chi connectivity index (χ0) is 15.7. The van der Waals surface area contributed by atoms with Gasteiger partial charge in [0.1, 0.15) is 0 Å². The summed E-state index contributed by atoms with van der Waals surface area (Å²) < 4.78 is 0. The fourth-order valence-corrected chi connectivity index (χ4v) is 3.99. The lowest BCUT2D eigenvalue weighted by Crippen LogP contribution is -2.49. The molecule has 1 saturated heterocycles. The van der Waals surface area contributed by atoms with Crippen LogP contribution in [-0.2, 0) is 4.79 Å². The van der Waals surface area contributed by atoms with E-state index in [1.807, 2.05) is 12.1 Å². The molecule has 1 aliphatic carbocycles. The van der Waals surface area contributed by atoms with E-state index in [9.17, 15) is 4.79 Å². The van der Waals surface area contributed by atoms with E-state index in [1.54, 1.807) is 0 Å². The number of amides is 1. The van der Waals surface area contributed by atoms with Crippen molar-refractivity contribution in [2.75, 3.05) is 0 Å². The lowest BCUT2D eigenvalue weighted by Gasteiger charge is -2.44. The molecule has 1 aromatic carbocycles. The summed E-state index contributed by atoms with van der Waals surface area (Å²) in [5, 5.41) is 0.762. The minimum atomic E-state index is 0.168. The van der Waals surface area contributed by atoms with Crippen molar-refractivity contribution in [2.45, 2.75) is 64.5 Å². The average molecular weight is 320 g/mol. The van der Waals surface area contributed by atoms with Gasteiger partial charge in [0, 0.05) is 17.0 Å². The molecule has 1 saturated carbocycles. The maximum Gasteiger partial charge on any atom is 0.226 e. The van der Waals surface area contributed by atoms with Gasteiger partial charge in [-0.25, -0.2) is 0 Å². The first-order chi connectivity index (χ1) is 10.6. The van der Waals surface area contributed by atoms with Crippen LogP contribution in [0.1, 0.15) is 64.0 Å². The van der Waals surface area contributed by atoms with E-state index >= 15 is 0 Å². The number of carbonyl (C=O) groups excluding carboxylic acids is 1. The lowest BCUT2D eigenvalue weighted by molar-refractivity contribution is -0.145. The summed E-state index contributed by atoms with van der Waals surface area (Å²) in [5.41, 5.74) is 1.24. The van der Waals surface area contributed by atoms with E-state index < -0.39 is 0 Å². The summed E-state index contributed by atoms with van der Waals surface area (Å²) in [5.74, 6) is 1.25. The second-order valence-corrected chi connectivity index (χ2v) is 7.42. The first-order valence-corrected chi connectivity index (χ1v) is 9.07.